The molecule has 0 aliphatic heterocycles. The monoisotopic (exact) mass is 330 g/mol. The minimum atomic E-state index is -0.416. The van der Waals surface area contributed by atoms with Gasteiger partial charge < -0.3 is 4.74 Å². The lowest BCUT2D eigenvalue weighted by Crippen LogP contribution is -1.97. The van der Waals surface area contributed by atoms with Gasteiger partial charge in [0, 0.05) is 6.07 Å². The second kappa shape index (κ2) is 5.20. The van der Waals surface area contributed by atoms with Crippen LogP contribution in [0.5, 0.6) is 11.6 Å². The summed E-state index contributed by atoms with van der Waals surface area (Å²) in [5.74, 6) is 0.0667. The van der Waals surface area contributed by atoms with Crippen molar-refractivity contribution in [3.05, 3.63) is 45.0 Å². The van der Waals surface area contributed by atoms with E-state index in [-0.39, 0.29) is 11.0 Å². The van der Waals surface area contributed by atoms with Crippen LogP contribution in [-0.4, -0.2) is 9.97 Å². The Labute approximate surface area is 117 Å². The first-order valence-corrected chi connectivity index (χ1v) is 6.28. The molecule has 3 nitrogen and oxygen atoms in total. The van der Waals surface area contributed by atoms with Crippen molar-refractivity contribution >= 4 is 27.5 Å². The number of aromatic nitrogens is 2. The van der Waals surface area contributed by atoms with Crippen molar-refractivity contribution in [2.75, 3.05) is 0 Å². The van der Waals surface area contributed by atoms with Crippen LogP contribution < -0.4 is 4.74 Å². The molecule has 0 aliphatic rings. The van der Waals surface area contributed by atoms with E-state index in [2.05, 4.69) is 25.9 Å². The van der Waals surface area contributed by atoms with Crippen molar-refractivity contribution in [3.8, 4) is 11.6 Å². The van der Waals surface area contributed by atoms with Gasteiger partial charge in [-0.15, -0.1) is 0 Å². The maximum atomic E-state index is 13.3. The number of hydrogen-bond donors (Lipinski definition) is 0. The molecule has 0 N–H and O–H groups in total. The third-order valence-corrected chi connectivity index (χ3v) is 3.23. The zero-order valence-corrected chi connectivity index (χ0v) is 12.0. The van der Waals surface area contributed by atoms with Gasteiger partial charge in [0.15, 0.2) is 5.15 Å². The maximum absolute atomic E-state index is 13.3. The fraction of sp³-hybridized carbons (Fsp3) is 0.167. The molecule has 0 saturated carbocycles. The Kier molecular flexibility index (Phi) is 3.82. The first kappa shape index (κ1) is 13.2. The Balaban J connectivity index is 2.34. The number of hydrogen-bond acceptors (Lipinski definition) is 3. The molecule has 0 aliphatic carbocycles. The molecular weight excluding hydrogens is 323 g/mol. The van der Waals surface area contributed by atoms with E-state index in [1.807, 2.05) is 0 Å². The van der Waals surface area contributed by atoms with Crippen LogP contribution in [0.15, 0.2) is 22.7 Å². The molecular formula is C12H9BrClFN2O. The van der Waals surface area contributed by atoms with Gasteiger partial charge in [-0.3, -0.25) is 0 Å². The standard InChI is InChI=1S/C12H9BrClFN2O/c1-6-7(2)17-12(11(14)16-6)18-8-3-4-9(13)10(15)5-8/h3-5H,1-2H3. The molecule has 2 rings (SSSR count). The van der Waals surface area contributed by atoms with Gasteiger partial charge in [0.05, 0.1) is 15.9 Å². The van der Waals surface area contributed by atoms with Gasteiger partial charge in [-0.25, -0.2) is 14.4 Å². The third kappa shape index (κ3) is 2.79. The van der Waals surface area contributed by atoms with E-state index in [0.29, 0.717) is 15.9 Å². The van der Waals surface area contributed by atoms with E-state index in [9.17, 15) is 4.39 Å². The number of aryl methyl sites for hydroxylation is 2. The Morgan fingerprint density at radius 1 is 1.22 bits per heavy atom. The molecule has 18 heavy (non-hydrogen) atoms. The molecule has 0 saturated heterocycles. The predicted octanol–water partition coefficient (Wildman–Crippen LogP) is 4.44. The second-order valence-electron chi connectivity index (χ2n) is 3.67. The topological polar surface area (TPSA) is 35.0 Å². The summed E-state index contributed by atoms with van der Waals surface area (Å²) in [5.41, 5.74) is 1.45. The highest BCUT2D eigenvalue weighted by atomic mass is 79.9. The minimum Gasteiger partial charge on any atom is -0.436 e. The summed E-state index contributed by atoms with van der Waals surface area (Å²) in [4.78, 5) is 8.25. The van der Waals surface area contributed by atoms with Crippen molar-refractivity contribution in [1.29, 1.82) is 0 Å². The molecule has 0 fully saturated rings. The number of rotatable bonds is 2. The number of nitrogens with zero attached hydrogens (tertiary/aromatic N) is 2. The summed E-state index contributed by atoms with van der Waals surface area (Å²) in [6.45, 7) is 3.60. The summed E-state index contributed by atoms with van der Waals surface area (Å²) in [6.07, 6.45) is 0. The molecule has 0 atom stereocenters. The maximum Gasteiger partial charge on any atom is 0.257 e. The molecule has 1 aromatic carbocycles. The van der Waals surface area contributed by atoms with Gasteiger partial charge in [0.1, 0.15) is 11.6 Å². The Hall–Kier alpha value is -1.20. The Bertz CT molecular complexity index is 607. The fourth-order valence-electron chi connectivity index (χ4n) is 1.27. The molecule has 0 radical (unpaired) electrons. The molecule has 1 heterocycles. The molecule has 0 unspecified atom stereocenters. The molecule has 6 heteroatoms. The van der Waals surface area contributed by atoms with Crippen LogP contribution in [0.25, 0.3) is 0 Å². The summed E-state index contributed by atoms with van der Waals surface area (Å²) in [6, 6.07) is 4.41. The van der Waals surface area contributed by atoms with Crippen LogP contribution in [0.4, 0.5) is 4.39 Å². The average Bonchev–Trinajstić information content (AvgIpc) is 2.31. The molecule has 0 bridgehead atoms. The van der Waals surface area contributed by atoms with Gasteiger partial charge in [-0.2, -0.15) is 0 Å². The molecule has 1 aromatic heterocycles. The van der Waals surface area contributed by atoms with Crippen LogP contribution in [-0.2, 0) is 0 Å². The summed E-state index contributed by atoms with van der Waals surface area (Å²) in [5, 5.41) is 0.154. The molecule has 0 amide bonds. The lowest BCUT2D eigenvalue weighted by Gasteiger charge is -2.08. The van der Waals surface area contributed by atoms with E-state index in [4.69, 9.17) is 16.3 Å². The van der Waals surface area contributed by atoms with Crippen LogP contribution in [0, 0.1) is 19.7 Å². The number of halogens is 3. The van der Waals surface area contributed by atoms with Gasteiger partial charge in [0.25, 0.3) is 5.88 Å². The van der Waals surface area contributed by atoms with E-state index in [1.165, 1.54) is 6.07 Å². The largest absolute Gasteiger partial charge is 0.436 e. The molecule has 0 spiro atoms. The zero-order chi connectivity index (χ0) is 13.3. The smallest absolute Gasteiger partial charge is 0.257 e. The number of benzene rings is 1. The van der Waals surface area contributed by atoms with Gasteiger partial charge in [0.2, 0.25) is 0 Å². The van der Waals surface area contributed by atoms with Crippen molar-refractivity contribution in [2.24, 2.45) is 0 Å². The highest BCUT2D eigenvalue weighted by Crippen LogP contribution is 2.28. The first-order chi connectivity index (χ1) is 8.47. The third-order valence-electron chi connectivity index (χ3n) is 2.34. The average molecular weight is 332 g/mol. The van der Waals surface area contributed by atoms with E-state index < -0.39 is 5.82 Å². The summed E-state index contributed by atoms with van der Waals surface area (Å²) in [7, 11) is 0. The highest BCUT2D eigenvalue weighted by Gasteiger charge is 2.10. The van der Waals surface area contributed by atoms with Crippen molar-refractivity contribution in [2.45, 2.75) is 13.8 Å². The number of ether oxygens (including phenoxy) is 1. The minimum absolute atomic E-state index is 0.154. The summed E-state index contributed by atoms with van der Waals surface area (Å²) >= 11 is 8.99. The van der Waals surface area contributed by atoms with Crippen LogP contribution in [0.3, 0.4) is 0 Å². The van der Waals surface area contributed by atoms with Crippen LogP contribution >= 0.6 is 27.5 Å². The fourth-order valence-corrected chi connectivity index (χ4v) is 1.73. The normalized spacial score (nSPS) is 10.5. The Morgan fingerprint density at radius 2 is 1.89 bits per heavy atom. The molecule has 94 valence electrons. The van der Waals surface area contributed by atoms with Crippen molar-refractivity contribution < 1.29 is 9.13 Å². The van der Waals surface area contributed by atoms with E-state index in [1.54, 1.807) is 26.0 Å². The lowest BCUT2D eigenvalue weighted by atomic mass is 10.3. The van der Waals surface area contributed by atoms with Crippen LogP contribution in [0.2, 0.25) is 5.15 Å². The van der Waals surface area contributed by atoms with Crippen molar-refractivity contribution in [3.63, 3.8) is 0 Å². The van der Waals surface area contributed by atoms with Crippen molar-refractivity contribution in [1.82, 2.24) is 9.97 Å². The quantitative estimate of drug-likeness (QED) is 0.816. The van der Waals surface area contributed by atoms with E-state index in [0.717, 1.165) is 5.69 Å². The van der Waals surface area contributed by atoms with Gasteiger partial charge in [-0.05, 0) is 41.9 Å². The Morgan fingerprint density at radius 3 is 2.56 bits per heavy atom. The van der Waals surface area contributed by atoms with Gasteiger partial charge in [-0.1, -0.05) is 11.6 Å². The lowest BCUT2D eigenvalue weighted by molar-refractivity contribution is 0.453. The highest BCUT2D eigenvalue weighted by molar-refractivity contribution is 9.10. The zero-order valence-electron chi connectivity index (χ0n) is 9.67. The van der Waals surface area contributed by atoms with Gasteiger partial charge >= 0.3 is 0 Å². The van der Waals surface area contributed by atoms with Crippen LogP contribution in [0.1, 0.15) is 11.4 Å². The molecule has 2 aromatic rings. The van der Waals surface area contributed by atoms with E-state index >= 15 is 0 Å². The SMILES string of the molecule is Cc1nc(Cl)c(Oc2ccc(Br)c(F)c2)nc1C. The summed E-state index contributed by atoms with van der Waals surface area (Å²) < 4.78 is 19.1. The first-order valence-electron chi connectivity index (χ1n) is 5.11. The second-order valence-corrected chi connectivity index (χ2v) is 4.88. The predicted molar refractivity (Wildman–Crippen MR) is 70.7 cm³/mol.